The minimum absolute atomic E-state index is 0.389. The lowest BCUT2D eigenvalue weighted by molar-refractivity contribution is -0.918. The Morgan fingerprint density at radius 1 is 1.29 bits per heavy atom. The SMILES string of the molecule is CC(C)NC(=S)NC1CC[NH+](Cc2ccc(Cl)cc2)CC1. The second-order valence-corrected chi connectivity index (χ2v) is 6.94. The third-order valence-electron chi connectivity index (χ3n) is 3.82. The van der Waals surface area contributed by atoms with Gasteiger partial charge in [-0.05, 0) is 38.2 Å². The largest absolute Gasteiger partial charge is 0.361 e. The Hall–Kier alpha value is -0.840. The van der Waals surface area contributed by atoms with Gasteiger partial charge in [-0.2, -0.15) is 0 Å². The molecule has 3 N–H and O–H groups in total. The van der Waals surface area contributed by atoms with Gasteiger partial charge in [-0.25, -0.2) is 0 Å². The van der Waals surface area contributed by atoms with E-state index in [2.05, 4.69) is 36.6 Å². The number of thiocarbonyl (C=S) groups is 1. The van der Waals surface area contributed by atoms with Crippen LogP contribution in [0, 0.1) is 0 Å². The first-order chi connectivity index (χ1) is 10.0. The Kier molecular flexibility index (Phi) is 6.27. The molecule has 0 radical (unpaired) electrons. The molecule has 1 aliphatic rings. The minimum Gasteiger partial charge on any atom is -0.361 e. The molecule has 21 heavy (non-hydrogen) atoms. The topological polar surface area (TPSA) is 28.5 Å². The van der Waals surface area contributed by atoms with Gasteiger partial charge in [-0.15, -0.1) is 0 Å². The van der Waals surface area contributed by atoms with Crippen molar-refractivity contribution in [2.75, 3.05) is 13.1 Å². The third-order valence-corrected chi connectivity index (χ3v) is 4.30. The predicted octanol–water partition coefficient (Wildman–Crippen LogP) is 1.76. The Labute approximate surface area is 138 Å². The van der Waals surface area contributed by atoms with Crippen LogP contribution in [-0.2, 0) is 6.54 Å². The molecule has 0 saturated carbocycles. The van der Waals surface area contributed by atoms with Crippen molar-refractivity contribution in [2.24, 2.45) is 0 Å². The maximum Gasteiger partial charge on any atom is 0.166 e. The van der Waals surface area contributed by atoms with E-state index >= 15 is 0 Å². The molecule has 2 rings (SSSR count). The van der Waals surface area contributed by atoms with E-state index in [1.807, 2.05) is 12.1 Å². The number of rotatable bonds is 4. The molecular formula is C16H25ClN3S+. The third kappa shape index (κ3) is 5.81. The fourth-order valence-corrected chi connectivity index (χ4v) is 3.26. The molecule has 1 heterocycles. The fourth-order valence-electron chi connectivity index (χ4n) is 2.73. The van der Waals surface area contributed by atoms with Gasteiger partial charge in [-0.3, -0.25) is 0 Å². The molecule has 0 aliphatic carbocycles. The van der Waals surface area contributed by atoms with Crippen LogP contribution in [0.1, 0.15) is 32.3 Å². The number of quaternary nitrogens is 1. The van der Waals surface area contributed by atoms with Crippen LogP contribution in [0.3, 0.4) is 0 Å². The Balaban J connectivity index is 1.73. The summed E-state index contributed by atoms with van der Waals surface area (Å²) in [5, 5.41) is 8.28. The summed E-state index contributed by atoms with van der Waals surface area (Å²) >= 11 is 11.2. The molecular weight excluding hydrogens is 302 g/mol. The van der Waals surface area contributed by atoms with E-state index < -0.39 is 0 Å². The van der Waals surface area contributed by atoms with Crippen LogP contribution in [0.25, 0.3) is 0 Å². The standard InChI is InChI=1S/C16H24ClN3S/c1-12(2)18-16(21)19-15-7-9-20(10-8-15)11-13-3-5-14(17)6-4-13/h3-6,12,15H,7-11H2,1-2H3,(H2,18,19,21)/p+1. The van der Waals surface area contributed by atoms with Crippen LogP contribution in [0.2, 0.25) is 5.02 Å². The van der Waals surface area contributed by atoms with Crippen LogP contribution in [0.4, 0.5) is 0 Å². The number of piperidine rings is 1. The summed E-state index contributed by atoms with van der Waals surface area (Å²) in [7, 11) is 0. The monoisotopic (exact) mass is 326 g/mol. The first-order valence-electron chi connectivity index (χ1n) is 7.68. The number of hydrogen-bond donors (Lipinski definition) is 3. The van der Waals surface area contributed by atoms with E-state index in [4.69, 9.17) is 23.8 Å². The molecule has 0 spiro atoms. The highest BCUT2D eigenvalue weighted by molar-refractivity contribution is 7.80. The predicted molar refractivity (Wildman–Crippen MR) is 92.9 cm³/mol. The van der Waals surface area contributed by atoms with Gasteiger partial charge in [0.15, 0.2) is 5.11 Å². The minimum atomic E-state index is 0.389. The summed E-state index contributed by atoms with van der Waals surface area (Å²) in [5.74, 6) is 0. The molecule has 0 atom stereocenters. The summed E-state index contributed by atoms with van der Waals surface area (Å²) < 4.78 is 0. The fraction of sp³-hybridized carbons (Fsp3) is 0.562. The van der Waals surface area contributed by atoms with Gasteiger partial charge in [-0.1, -0.05) is 23.7 Å². The number of nitrogens with one attached hydrogen (secondary N) is 3. The van der Waals surface area contributed by atoms with Crippen molar-refractivity contribution < 1.29 is 4.90 Å². The van der Waals surface area contributed by atoms with Crippen molar-refractivity contribution in [1.29, 1.82) is 0 Å². The second kappa shape index (κ2) is 7.97. The molecule has 1 aromatic rings. The zero-order chi connectivity index (χ0) is 15.2. The van der Waals surface area contributed by atoms with Crippen molar-refractivity contribution in [1.82, 2.24) is 10.6 Å². The smallest absolute Gasteiger partial charge is 0.166 e. The molecule has 0 amide bonds. The van der Waals surface area contributed by atoms with E-state index in [0.29, 0.717) is 12.1 Å². The van der Waals surface area contributed by atoms with Crippen molar-refractivity contribution in [2.45, 2.75) is 45.3 Å². The zero-order valence-electron chi connectivity index (χ0n) is 12.8. The second-order valence-electron chi connectivity index (χ2n) is 6.10. The summed E-state index contributed by atoms with van der Waals surface area (Å²) in [5.41, 5.74) is 1.36. The first-order valence-corrected chi connectivity index (χ1v) is 8.46. The Bertz CT molecular complexity index is 453. The van der Waals surface area contributed by atoms with Crippen LogP contribution in [0.15, 0.2) is 24.3 Å². The van der Waals surface area contributed by atoms with Gasteiger partial charge in [0.25, 0.3) is 0 Å². The molecule has 0 aromatic heterocycles. The summed E-state index contributed by atoms with van der Waals surface area (Å²) in [6, 6.07) is 9.10. The van der Waals surface area contributed by atoms with E-state index in [-0.39, 0.29) is 0 Å². The van der Waals surface area contributed by atoms with Gasteiger partial charge in [0.1, 0.15) is 6.54 Å². The maximum absolute atomic E-state index is 5.92. The molecule has 1 aliphatic heterocycles. The van der Waals surface area contributed by atoms with Crippen LogP contribution >= 0.6 is 23.8 Å². The van der Waals surface area contributed by atoms with Crippen molar-refractivity contribution in [3.63, 3.8) is 0 Å². The van der Waals surface area contributed by atoms with Crippen molar-refractivity contribution >= 4 is 28.9 Å². The highest BCUT2D eigenvalue weighted by Gasteiger charge is 2.22. The highest BCUT2D eigenvalue weighted by atomic mass is 35.5. The number of hydrogen-bond acceptors (Lipinski definition) is 1. The Morgan fingerprint density at radius 3 is 2.48 bits per heavy atom. The average Bonchev–Trinajstić information content (AvgIpc) is 2.42. The van der Waals surface area contributed by atoms with Crippen LogP contribution < -0.4 is 15.5 Å². The summed E-state index contributed by atoms with van der Waals surface area (Å²) in [6.07, 6.45) is 2.34. The number of likely N-dealkylation sites (tertiary alicyclic amines) is 1. The normalized spacial score (nSPS) is 22.1. The van der Waals surface area contributed by atoms with Gasteiger partial charge in [0.2, 0.25) is 0 Å². The van der Waals surface area contributed by atoms with Gasteiger partial charge in [0.05, 0.1) is 13.1 Å². The molecule has 0 unspecified atom stereocenters. The Morgan fingerprint density at radius 2 is 1.90 bits per heavy atom. The number of halogens is 1. The summed E-state index contributed by atoms with van der Waals surface area (Å²) in [6.45, 7) is 7.66. The molecule has 5 heteroatoms. The van der Waals surface area contributed by atoms with Crippen LogP contribution in [0.5, 0.6) is 0 Å². The average molecular weight is 327 g/mol. The lowest BCUT2D eigenvalue weighted by Crippen LogP contribution is -3.12. The molecule has 1 fully saturated rings. The maximum atomic E-state index is 5.92. The first kappa shape index (κ1) is 16.5. The van der Waals surface area contributed by atoms with E-state index in [1.54, 1.807) is 4.90 Å². The van der Waals surface area contributed by atoms with Gasteiger partial charge < -0.3 is 15.5 Å². The van der Waals surface area contributed by atoms with Crippen LogP contribution in [-0.4, -0.2) is 30.3 Å². The lowest BCUT2D eigenvalue weighted by atomic mass is 10.0. The van der Waals surface area contributed by atoms with E-state index in [0.717, 1.165) is 16.7 Å². The zero-order valence-corrected chi connectivity index (χ0v) is 14.4. The molecule has 116 valence electrons. The molecule has 1 saturated heterocycles. The van der Waals surface area contributed by atoms with E-state index in [1.165, 1.54) is 31.5 Å². The van der Waals surface area contributed by atoms with Crippen molar-refractivity contribution in [3.05, 3.63) is 34.9 Å². The molecule has 0 bridgehead atoms. The quantitative estimate of drug-likeness (QED) is 0.736. The molecule has 1 aromatic carbocycles. The van der Waals surface area contributed by atoms with E-state index in [9.17, 15) is 0 Å². The number of benzene rings is 1. The van der Waals surface area contributed by atoms with Gasteiger partial charge >= 0.3 is 0 Å². The highest BCUT2D eigenvalue weighted by Crippen LogP contribution is 2.09. The van der Waals surface area contributed by atoms with Gasteiger partial charge in [0, 0.05) is 35.5 Å². The molecule has 3 nitrogen and oxygen atoms in total. The van der Waals surface area contributed by atoms with Crippen molar-refractivity contribution in [3.8, 4) is 0 Å². The lowest BCUT2D eigenvalue weighted by Gasteiger charge is -2.30. The summed E-state index contributed by atoms with van der Waals surface area (Å²) in [4.78, 5) is 1.64.